The van der Waals surface area contributed by atoms with Gasteiger partial charge < -0.3 is 14.9 Å². The maximum atomic E-state index is 12.2. The van der Waals surface area contributed by atoms with Crippen molar-refractivity contribution in [2.45, 2.75) is 24.8 Å². The van der Waals surface area contributed by atoms with Gasteiger partial charge in [-0.2, -0.15) is 0 Å². The third kappa shape index (κ3) is 2.46. The SMILES string of the molecule is O=C(NC1(C(=O)O)CCC1)c1cc(-c2ccccc2Cl)on1. The van der Waals surface area contributed by atoms with Gasteiger partial charge in [-0.15, -0.1) is 0 Å². The predicted octanol–water partition coefficient (Wildman–Crippen LogP) is 2.73. The Morgan fingerprint density at radius 3 is 2.64 bits per heavy atom. The van der Waals surface area contributed by atoms with Gasteiger partial charge in [-0.3, -0.25) is 4.79 Å². The molecule has 0 bridgehead atoms. The number of nitrogens with one attached hydrogen (secondary N) is 1. The molecule has 7 heteroatoms. The van der Waals surface area contributed by atoms with Gasteiger partial charge in [0.2, 0.25) is 0 Å². The quantitative estimate of drug-likeness (QED) is 0.903. The van der Waals surface area contributed by atoms with E-state index in [2.05, 4.69) is 10.5 Å². The summed E-state index contributed by atoms with van der Waals surface area (Å²) in [6.07, 6.45) is 1.61. The number of benzene rings is 1. The molecule has 2 aromatic rings. The maximum absolute atomic E-state index is 12.2. The Balaban J connectivity index is 1.81. The molecular formula is C15H13ClN2O4. The Kier molecular flexibility index (Phi) is 3.62. The van der Waals surface area contributed by atoms with E-state index in [0.29, 0.717) is 29.2 Å². The van der Waals surface area contributed by atoms with Crippen LogP contribution in [0.1, 0.15) is 29.8 Å². The summed E-state index contributed by atoms with van der Waals surface area (Å²) < 4.78 is 5.14. The summed E-state index contributed by atoms with van der Waals surface area (Å²) >= 11 is 6.06. The van der Waals surface area contributed by atoms with Crippen molar-refractivity contribution in [3.8, 4) is 11.3 Å². The summed E-state index contributed by atoms with van der Waals surface area (Å²) in [4.78, 5) is 23.4. The summed E-state index contributed by atoms with van der Waals surface area (Å²) in [5.41, 5.74) is -0.532. The lowest BCUT2D eigenvalue weighted by molar-refractivity contribution is -0.148. The maximum Gasteiger partial charge on any atom is 0.329 e. The van der Waals surface area contributed by atoms with Crippen LogP contribution in [0.4, 0.5) is 0 Å². The molecular weight excluding hydrogens is 308 g/mol. The van der Waals surface area contributed by atoms with Crippen molar-refractivity contribution in [3.63, 3.8) is 0 Å². The summed E-state index contributed by atoms with van der Waals surface area (Å²) in [5, 5.41) is 15.9. The minimum Gasteiger partial charge on any atom is -0.480 e. The molecule has 0 saturated heterocycles. The van der Waals surface area contributed by atoms with E-state index in [0.717, 1.165) is 6.42 Å². The van der Waals surface area contributed by atoms with Gasteiger partial charge in [0.05, 0.1) is 5.02 Å². The molecule has 0 spiro atoms. The molecule has 2 N–H and O–H groups in total. The lowest BCUT2D eigenvalue weighted by Gasteiger charge is -2.37. The molecule has 0 radical (unpaired) electrons. The van der Waals surface area contributed by atoms with Crippen molar-refractivity contribution in [1.29, 1.82) is 0 Å². The second-order valence-electron chi connectivity index (χ2n) is 5.25. The molecule has 0 aliphatic heterocycles. The van der Waals surface area contributed by atoms with E-state index >= 15 is 0 Å². The Bertz CT molecular complexity index is 737. The molecule has 114 valence electrons. The van der Waals surface area contributed by atoms with Gasteiger partial charge in [-0.05, 0) is 31.4 Å². The minimum absolute atomic E-state index is 0.0300. The number of carbonyl (C=O) groups is 2. The monoisotopic (exact) mass is 320 g/mol. The number of rotatable bonds is 4. The molecule has 1 amide bonds. The molecule has 1 aromatic carbocycles. The number of halogens is 1. The zero-order valence-electron chi connectivity index (χ0n) is 11.5. The molecule has 0 atom stereocenters. The average Bonchev–Trinajstić information content (AvgIpc) is 2.92. The van der Waals surface area contributed by atoms with Crippen LogP contribution >= 0.6 is 11.6 Å². The second kappa shape index (κ2) is 5.46. The Morgan fingerprint density at radius 1 is 1.32 bits per heavy atom. The summed E-state index contributed by atoms with van der Waals surface area (Å²) in [7, 11) is 0. The first kappa shape index (κ1) is 14.6. The number of carboxylic acid groups (broad SMARTS) is 1. The summed E-state index contributed by atoms with van der Waals surface area (Å²) in [6, 6.07) is 8.47. The standard InChI is InChI=1S/C15H13ClN2O4/c16-10-5-2-1-4-9(10)12-8-11(18-22-12)13(19)17-15(14(20)21)6-3-7-15/h1-2,4-5,8H,3,6-7H2,(H,17,19)(H,20,21). The summed E-state index contributed by atoms with van der Waals surface area (Å²) in [6.45, 7) is 0. The van der Waals surface area contributed by atoms with Crippen molar-refractivity contribution in [3.05, 3.63) is 41.0 Å². The Labute approximate surface area is 131 Å². The first-order valence-corrected chi connectivity index (χ1v) is 7.17. The van der Waals surface area contributed by atoms with Crippen molar-refractivity contribution < 1.29 is 19.2 Å². The largest absolute Gasteiger partial charge is 0.480 e. The number of hydrogen-bond acceptors (Lipinski definition) is 4. The van der Waals surface area contributed by atoms with Crippen LogP contribution in [-0.4, -0.2) is 27.7 Å². The van der Waals surface area contributed by atoms with Crippen LogP contribution in [0.15, 0.2) is 34.9 Å². The van der Waals surface area contributed by atoms with E-state index in [-0.39, 0.29) is 5.69 Å². The number of carbonyl (C=O) groups excluding carboxylic acids is 1. The van der Waals surface area contributed by atoms with Gasteiger partial charge in [0.25, 0.3) is 5.91 Å². The van der Waals surface area contributed by atoms with E-state index in [4.69, 9.17) is 16.1 Å². The highest BCUT2D eigenvalue weighted by Crippen LogP contribution is 2.33. The number of aliphatic carboxylic acids is 1. The van der Waals surface area contributed by atoms with Gasteiger partial charge in [-0.1, -0.05) is 28.9 Å². The first-order valence-electron chi connectivity index (χ1n) is 6.79. The number of nitrogens with zero attached hydrogens (tertiary/aromatic N) is 1. The Morgan fingerprint density at radius 2 is 2.05 bits per heavy atom. The fourth-order valence-corrected chi connectivity index (χ4v) is 2.60. The van der Waals surface area contributed by atoms with Crippen molar-refractivity contribution in [1.82, 2.24) is 10.5 Å². The fourth-order valence-electron chi connectivity index (χ4n) is 2.37. The smallest absolute Gasteiger partial charge is 0.329 e. The molecule has 1 saturated carbocycles. The van der Waals surface area contributed by atoms with Crippen LogP contribution in [0.5, 0.6) is 0 Å². The highest BCUT2D eigenvalue weighted by atomic mass is 35.5. The van der Waals surface area contributed by atoms with Crippen LogP contribution in [0.2, 0.25) is 5.02 Å². The zero-order valence-corrected chi connectivity index (χ0v) is 12.3. The fraction of sp³-hybridized carbons (Fsp3) is 0.267. The molecule has 1 aliphatic rings. The normalized spacial score (nSPS) is 15.9. The number of hydrogen-bond donors (Lipinski definition) is 2. The van der Waals surface area contributed by atoms with E-state index in [1.54, 1.807) is 24.3 Å². The van der Waals surface area contributed by atoms with Crippen molar-refractivity contribution >= 4 is 23.5 Å². The second-order valence-corrected chi connectivity index (χ2v) is 5.66. The molecule has 1 aliphatic carbocycles. The van der Waals surface area contributed by atoms with E-state index in [9.17, 15) is 14.7 Å². The zero-order chi connectivity index (χ0) is 15.7. The van der Waals surface area contributed by atoms with Crippen LogP contribution in [0.25, 0.3) is 11.3 Å². The van der Waals surface area contributed by atoms with Gasteiger partial charge in [0.1, 0.15) is 5.54 Å². The third-order valence-corrected chi connectivity index (χ3v) is 4.18. The number of amides is 1. The molecule has 6 nitrogen and oxygen atoms in total. The molecule has 1 aromatic heterocycles. The van der Waals surface area contributed by atoms with Crippen molar-refractivity contribution in [2.75, 3.05) is 0 Å². The van der Waals surface area contributed by atoms with E-state index in [1.807, 2.05) is 0 Å². The molecule has 1 heterocycles. The van der Waals surface area contributed by atoms with Gasteiger partial charge in [0.15, 0.2) is 11.5 Å². The van der Waals surface area contributed by atoms with E-state index < -0.39 is 17.4 Å². The molecule has 3 rings (SSSR count). The summed E-state index contributed by atoms with van der Waals surface area (Å²) in [5.74, 6) is -1.24. The highest BCUT2D eigenvalue weighted by Gasteiger charge is 2.46. The van der Waals surface area contributed by atoms with Crippen LogP contribution in [0.3, 0.4) is 0 Å². The van der Waals surface area contributed by atoms with Crippen LogP contribution in [-0.2, 0) is 4.79 Å². The first-order chi connectivity index (χ1) is 10.5. The number of carboxylic acids is 1. The van der Waals surface area contributed by atoms with Gasteiger partial charge >= 0.3 is 5.97 Å². The van der Waals surface area contributed by atoms with Crippen LogP contribution < -0.4 is 5.32 Å². The topological polar surface area (TPSA) is 92.4 Å². The average molecular weight is 321 g/mol. The van der Waals surface area contributed by atoms with E-state index in [1.165, 1.54) is 6.07 Å². The Hall–Kier alpha value is -2.34. The lowest BCUT2D eigenvalue weighted by Crippen LogP contribution is -2.59. The predicted molar refractivity (Wildman–Crippen MR) is 78.6 cm³/mol. The molecule has 22 heavy (non-hydrogen) atoms. The molecule has 0 unspecified atom stereocenters. The minimum atomic E-state index is -1.18. The van der Waals surface area contributed by atoms with Gasteiger partial charge in [-0.25, -0.2) is 4.79 Å². The van der Waals surface area contributed by atoms with Gasteiger partial charge in [0, 0.05) is 11.6 Å². The third-order valence-electron chi connectivity index (χ3n) is 3.85. The number of aromatic nitrogens is 1. The van der Waals surface area contributed by atoms with Crippen LogP contribution in [0, 0.1) is 0 Å². The lowest BCUT2D eigenvalue weighted by atomic mass is 9.76. The highest BCUT2D eigenvalue weighted by molar-refractivity contribution is 6.33. The van der Waals surface area contributed by atoms with Crippen molar-refractivity contribution in [2.24, 2.45) is 0 Å². The molecule has 1 fully saturated rings.